The van der Waals surface area contributed by atoms with Crippen LogP contribution in [0.2, 0.25) is 0 Å². The molecule has 1 saturated carbocycles. The van der Waals surface area contributed by atoms with Crippen molar-refractivity contribution < 1.29 is 59.0 Å². The van der Waals surface area contributed by atoms with E-state index in [2.05, 4.69) is 28.6 Å². The summed E-state index contributed by atoms with van der Waals surface area (Å²) in [7, 11) is -10.0. The molecule has 1 fully saturated rings. The van der Waals surface area contributed by atoms with Gasteiger partial charge < -0.3 is 30.5 Å². The average Bonchev–Trinajstić information content (AvgIpc) is 2.97. The van der Waals surface area contributed by atoms with Crippen molar-refractivity contribution >= 4 is 56.0 Å². The van der Waals surface area contributed by atoms with Crippen LogP contribution in [0.1, 0.15) is 57.8 Å². The molecule has 0 spiro atoms. The Kier molecular flexibility index (Phi) is 16.7. The summed E-state index contributed by atoms with van der Waals surface area (Å²) in [6.07, 6.45) is 4.16. The molecule has 1 aliphatic rings. The number of anilines is 1. The van der Waals surface area contributed by atoms with Crippen molar-refractivity contribution in [1.82, 2.24) is 10.6 Å². The Morgan fingerprint density at radius 3 is 2.00 bits per heavy atom. The first kappa shape index (κ1) is 40.5. The number of amides is 2. The molecule has 1 atom stereocenters. The van der Waals surface area contributed by atoms with Crippen molar-refractivity contribution in [3.63, 3.8) is 0 Å². The van der Waals surface area contributed by atoms with Gasteiger partial charge >= 0.3 is 5.97 Å². The van der Waals surface area contributed by atoms with Gasteiger partial charge in [0.05, 0.1) is 37.9 Å². The predicted molar refractivity (Wildman–Crippen MR) is 167 cm³/mol. The second kappa shape index (κ2) is 19.4. The number of halogens is 3. The molecule has 2 amide bonds. The number of carbonyl (C=O) groups excluding carboxylic acids is 2. The Balaban J connectivity index is 1.92. The van der Waals surface area contributed by atoms with Crippen LogP contribution in [-0.4, -0.2) is 96.3 Å². The van der Waals surface area contributed by atoms with Crippen LogP contribution < -0.4 is 21.1 Å². The summed E-state index contributed by atoms with van der Waals surface area (Å²) in [6.45, 7) is 0.0731. The highest BCUT2D eigenvalue weighted by Crippen LogP contribution is 2.37. The molecule has 1 aromatic rings. The molecule has 1 aliphatic carbocycles. The van der Waals surface area contributed by atoms with Crippen LogP contribution in [0.5, 0.6) is 0 Å². The smallest absolute Gasteiger partial charge is 0.327 e. The number of carboxylic acids is 1. The minimum atomic E-state index is -5.13. The van der Waals surface area contributed by atoms with Crippen molar-refractivity contribution in [3.8, 4) is 0 Å². The number of primary sulfonamides is 1. The number of ether oxygens (including phenoxy) is 2. The van der Waals surface area contributed by atoms with Gasteiger partial charge in [-0.15, -0.1) is 0 Å². The van der Waals surface area contributed by atoms with Gasteiger partial charge in [0.15, 0.2) is 32.2 Å². The summed E-state index contributed by atoms with van der Waals surface area (Å²) in [5, 5.41) is 21.1. The van der Waals surface area contributed by atoms with E-state index >= 15 is 8.78 Å². The van der Waals surface area contributed by atoms with Gasteiger partial charge in [0.25, 0.3) is 0 Å². The molecule has 47 heavy (non-hydrogen) atoms. The highest BCUT2D eigenvalue weighted by atomic mass is 32.2. The monoisotopic (exact) mass is 734 g/mol. The maximum Gasteiger partial charge on any atom is 0.327 e. The Morgan fingerprint density at radius 2 is 1.43 bits per heavy atom. The van der Waals surface area contributed by atoms with E-state index in [-0.39, 0.29) is 45.1 Å². The van der Waals surface area contributed by atoms with Crippen LogP contribution in [0.15, 0.2) is 9.79 Å². The molecule has 1 unspecified atom stereocenters. The molecule has 20 heteroatoms. The van der Waals surface area contributed by atoms with Crippen LogP contribution >= 0.6 is 12.6 Å². The Bertz CT molecular complexity index is 1460. The molecule has 0 heterocycles. The number of hydrogen-bond acceptors (Lipinski definition) is 11. The van der Waals surface area contributed by atoms with E-state index in [1.807, 2.05) is 0 Å². The average molecular weight is 735 g/mol. The van der Waals surface area contributed by atoms with Crippen LogP contribution in [0.4, 0.5) is 18.9 Å². The lowest BCUT2D eigenvalue weighted by Crippen LogP contribution is -2.42. The lowest BCUT2D eigenvalue weighted by atomic mass is 9.96. The highest BCUT2D eigenvalue weighted by Gasteiger charge is 2.37. The largest absolute Gasteiger partial charge is 0.480 e. The summed E-state index contributed by atoms with van der Waals surface area (Å²) in [5.41, 5.74) is -1.04. The van der Waals surface area contributed by atoms with Gasteiger partial charge in [-0.25, -0.2) is 39.9 Å². The van der Waals surface area contributed by atoms with Gasteiger partial charge in [-0.05, 0) is 12.8 Å². The van der Waals surface area contributed by atoms with Crippen LogP contribution in [0.3, 0.4) is 0 Å². The number of thiol groups is 1. The predicted octanol–water partition coefficient (Wildman–Crippen LogP) is 1.48. The number of carboxylic acid groups (broad SMARTS) is 1. The molecule has 14 nitrogen and oxygen atoms in total. The molecule has 0 aliphatic heterocycles. The third-order valence-electron chi connectivity index (χ3n) is 7.11. The fraction of sp³-hybridized carbons (Fsp3) is 0.667. The quantitative estimate of drug-likeness (QED) is 0.0679. The molecular formula is C27H41F3N4O10S3. The number of rotatable bonds is 19. The third kappa shape index (κ3) is 13.1. The summed E-state index contributed by atoms with van der Waals surface area (Å²) >= 11 is 3.84. The maximum atomic E-state index is 15.5. The Morgan fingerprint density at radius 1 is 0.851 bits per heavy atom. The zero-order valence-corrected chi connectivity index (χ0v) is 28.1. The van der Waals surface area contributed by atoms with E-state index in [4.69, 9.17) is 19.7 Å². The molecule has 0 bridgehead atoms. The normalized spacial score (nSPS) is 15.3. The van der Waals surface area contributed by atoms with Crippen LogP contribution in [0.25, 0.3) is 0 Å². The Hall–Kier alpha value is -2.65. The number of hydrogen-bond donors (Lipinski definition) is 6. The van der Waals surface area contributed by atoms with E-state index in [9.17, 15) is 35.6 Å². The van der Waals surface area contributed by atoms with Crippen LogP contribution in [-0.2, 0) is 43.7 Å². The van der Waals surface area contributed by atoms with Crippen molar-refractivity contribution in [2.45, 2.75) is 79.7 Å². The topological polar surface area (TPSA) is 220 Å². The van der Waals surface area contributed by atoms with Gasteiger partial charge in [-0.3, -0.25) is 9.59 Å². The lowest BCUT2D eigenvalue weighted by molar-refractivity contribution is -0.141. The van der Waals surface area contributed by atoms with E-state index in [1.165, 1.54) is 0 Å². The molecule has 0 saturated heterocycles. The zero-order valence-electron chi connectivity index (χ0n) is 25.6. The number of aliphatic carboxylic acids is 1. The molecule has 0 radical (unpaired) electrons. The minimum absolute atomic E-state index is 0.00361. The number of nitrogens with two attached hydrogens (primary N) is 1. The second-order valence-electron chi connectivity index (χ2n) is 10.7. The van der Waals surface area contributed by atoms with Gasteiger partial charge in [0.1, 0.15) is 10.9 Å². The molecule has 6 N–H and O–H groups in total. The maximum absolute atomic E-state index is 15.5. The SMILES string of the molecule is NS(=O)(=O)c1c(F)c(F)c(S(=O)(=O)CCC(=O)NCCOCCOCCC(=O)NC(CS)C(=O)O)c(NC2CCCCCCC2)c1F. The molecule has 0 aromatic heterocycles. The molecule has 1 aromatic carbocycles. The third-order valence-corrected chi connectivity index (χ3v) is 10.2. The number of nitrogens with one attached hydrogen (secondary N) is 3. The summed E-state index contributed by atoms with van der Waals surface area (Å²) in [6, 6.07) is -1.67. The number of sulfone groups is 1. The standard InChI is InChI=1S/C27H41F3N4O10S3/c28-21-22(29)26(24(23(30)25(21)47(31,41)42)33-17-6-4-2-1-3-5-7-17)46(39,40)15-9-19(35)32-10-12-44-14-13-43-11-8-20(36)34-18(16-45)27(37)38/h17-18,33,45H,1-16H2,(H,32,35)(H,34,36)(H,37,38)(H2,31,41,42). The first-order valence-electron chi connectivity index (χ1n) is 14.9. The zero-order chi connectivity index (χ0) is 35.2. The minimum Gasteiger partial charge on any atom is -0.480 e. The lowest BCUT2D eigenvalue weighted by Gasteiger charge is -2.25. The summed E-state index contributed by atoms with van der Waals surface area (Å²) in [5.74, 6) is -9.92. The Labute approximate surface area is 277 Å². The number of carbonyl (C=O) groups is 3. The highest BCUT2D eigenvalue weighted by molar-refractivity contribution is 7.91. The fourth-order valence-electron chi connectivity index (χ4n) is 4.71. The second-order valence-corrected chi connectivity index (χ2v) is 14.7. The first-order valence-corrected chi connectivity index (χ1v) is 18.7. The van der Waals surface area contributed by atoms with Crippen molar-refractivity contribution in [2.75, 3.05) is 49.8 Å². The van der Waals surface area contributed by atoms with Gasteiger partial charge in [-0.1, -0.05) is 32.1 Å². The molecule has 268 valence electrons. The van der Waals surface area contributed by atoms with E-state index in [0.29, 0.717) is 25.7 Å². The van der Waals surface area contributed by atoms with Gasteiger partial charge in [-0.2, -0.15) is 12.6 Å². The summed E-state index contributed by atoms with van der Waals surface area (Å²) in [4.78, 5) is 31.6. The van der Waals surface area contributed by atoms with E-state index < -0.39 is 94.8 Å². The van der Waals surface area contributed by atoms with Gasteiger partial charge in [0.2, 0.25) is 21.8 Å². The number of benzene rings is 1. The number of sulfonamides is 1. The van der Waals surface area contributed by atoms with E-state index in [0.717, 1.165) is 19.3 Å². The van der Waals surface area contributed by atoms with Gasteiger partial charge in [0, 0.05) is 31.2 Å². The molecule has 2 rings (SSSR count). The summed E-state index contributed by atoms with van der Waals surface area (Å²) < 4.78 is 106. The first-order chi connectivity index (χ1) is 22.1. The van der Waals surface area contributed by atoms with E-state index in [1.54, 1.807) is 0 Å². The molecular weight excluding hydrogens is 694 g/mol. The fourth-order valence-corrected chi connectivity index (χ4v) is 7.13. The van der Waals surface area contributed by atoms with Crippen molar-refractivity contribution in [3.05, 3.63) is 17.5 Å². The van der Waals surface area contributed by atoms with Crippen LogP contribution in [0, 0.1) is 17.5 Å². The van der Waals surface area contributed by atoms with Crippen molar-refractivity contribution in [2.24, 2.45) is 5.14 Å². The van der Waals surface area contributed by atoms with Crippen molar-refractivity contribution in [1.29, 1.82) is 0 Å².